The van der Waals surface area contributed by atoms with Gasteiger partial charge in [0.1, 0.15) is 5.75 Å². The standard InChI is InChI=1S/C18H11F6NO2/c1-27-14-7-10-3-2-4-25(26)16(10)15(9-14)11-5-12(17(19,20)21)8-13(6-11)18(22,23)24/h2-9H,1H3. The Balaban J connectivity index is 2.40. The van der Waals surface area contributed by atoms with Gasteiger partial charge < -0.3 is 9.94 Å². The van der Waals surface area contributed by atoms with Crippen LogP contribution in [0.15, 0.2) is 48.7 Å². The minimum absolute atomic E-state index is 0.0388. The molecule has 0 aliphatic carbocycles. The molecule has 0 aliphatic rings. The third-order valence-corrected chi connectivity index (χ3v) is 3.96. The van der Waals surface area contributed by atoms with Gasteiger partial charge in [0.25, 0.3) is 0 Å². The molecule has 0 amide bonds. The lowest BCUT2D eigenvalue weighted by molar-refractivity contribution is -0.576. The molecule has 1 aromatic heterocycles. The minimum Gasteiger partial charge on any atom is -0.618 e. The van der Waals surface area contributed by atoms with Crippen LogP contribution in [-0.2, 0) is 12.4 Å². The van der Waals surface area contributed by atoms with Crippen LogP contribution in [0, 0.1) is 5.21 Å². The summed E-state index contributed by atoms with van der Waals surface area (Å²) in [7, 11) is 1.30. The molecule has 3 nitrogen and oxygen atoms in total. The van der Waals surface area contributed by atoms with Crippen LogP contribution in [-0.4, -0.2) is 7.11 Å². The molecular weight excluding hydrogens is 376 g/mol. The predicted octanol–water partition coefficient (Wildman–Crippen LogP) is 5.19. The monoisotopic (exact) mass is 387 g/mol. The summed E-state index contributed by atoms with van der Waals surface area (Å²) in [6.07, 6.45) is -8.87. The molecule has 2 aromatic carbocycles. The Bertz CT molecular complexity index is 979. The van der Waals surface area contributed by atoms with Crippen LogP contribution in [0.4, 0.5) is 26.3 Å². The molecule has 0 spiro atoms. The van der Waals surface area contributed by atoms with Crippen molar-refractivity contribution in [1.82, 2.24) is 0 Å². The number of methoxy groups -OCH3 is 1. The summed E-state index contributed by atoms with van der Waals surface area (Å²) in [6.45, 7) is 0. The molecule has 1 heterocycles. The maximum absolute atomic E-state index is 13.1. The Hall–Kier alpha value is -2.97. The summed E-state index contributed by atoms with van der Waals surface area (Å²) in [6, 6.07) is 6.81. The predicted molar refractivity (Wildman–Crippen MR) is 84.9 cm³/mol. The van der Waals surface area contributed by atoms with Crippen molar-refractivity contribution in [2.24, 2.45) is 0 Å². The van der Waals surface area contributed by atoms with Crippen LogP contribution >= 0.6 is 0 Å². The van der Waals surface area contributed by atoms with Crippen molar-refractivity contribution in [2.45, 2.75) is 12.4 Å². The van der Waals surface area contributed by atoms with Gasteiger partial charge in [-0.05, 0) is 42.0 Å². The van der Waals surface area contributed by atoms with E-state index in [4.69, 9.17) is 4.74 Å². The van der Waals surface area contributed by atoms with Crippen molar-refractivity contribution in [2.75, 3.05) is 7.11 Å². The topological polar surface area (TPSA) is 36.2 Å². The van der Waals surface area contributed by atoms with Crippen LogP contribution in [0.2, 0.25) is 0 Å². The van der Waals surface area contributed by atoms with Crippen molar-refractivity contribution >= 4 is 10.9 Å². The zero-order valence-electron chi connectivity index (χ0n) is 13.7. The van der Waals surface area contributed by atoms with Crippen molar-refractivity contribution in [3.05, 3.63) is 65.0 Å². The molecule has 0 bridgehead atoms. The Morgan fingerprint density at radius 3 is 2.00 bits per heavy atom. The second kappa shape index (κ2) is 6.33. The van der Waals surface area contributed by atoms with Gasteiger partial charge in [-0.25, -0.2) is 0 Å². The Morgan fingerprint density at radius 1 is 0.889 bits per heavy atom. The fourth-order valence-corrected chi connectivity index (χ4v) is 2.75. The van der Waals surface area contributed by atoms with Crippen molar-refractivity contribution in [1.29, 1.82) is 0 Å². The van der Waals surface area contributed by atoms with Gasteiger partial charge in [-0.2, -0.15) is 31.1 Å². The van der Waals surface area contributed by atoms with E-state index in [1.165, 1.54) is 31.4 Å². The zero-order valence-corrected chi connectivity index (χ0v) is 13.7. The number of ether oxygens (including phenoxy) is 1. The maximum Gasteiger partial charge on any atom is 0.416 e. The second-order valence-electron chi connectivity index (χ2n) is 5.74. The summed E-state index contributed by atoms with van der Waals surface area (Å²) in [5, 5.41) is 12.5. The number of fused-ring (bicyclic) bond motifs is 1. The molecule has 3 aromatic rings. The molecule has 0 radical (unpaired) electrons. The molecule has 0 unspecified atom stereocenters. The molecule has 0 aliphatic heterocycles. The van der Waals surface area contributed by atoms with E-state index in [9.17, 15) is 31.5 Å². The van der Waals surface area contributed by atoms with Crippen molar-refractivity contribution < 1.29 is 35.8 Å². The normalized spacial score (nSPS) is 12.4. The summed E-state index contributed by atoms with van der Waals surface area (Å²) >= 11 is 0. The first-order valence-electron chi connectivity index (χ1n) is 7.50. The van der Waals surface area contributed by atoms with Crippen molar-refractivity contribution in [3.63, 3.8) is 0 Å². The number of hydrogen-bond donors (Lipinski definition) is 0. The zero-order chi connectivity index (χ0) is 20.0. The number of benzene rings is 2. The molecular formula is C18H11F6NO2. The quantitative estimate of drug-likeness (QED) is 0.345. The second-order valence-corrected chi connectivity index (χ2v) is 5.74. The van der Waals surface area contributed by atoms with E-state index in [-0.39, 0.29) is 22.9 Å². The number of rotatable bonds is 2. The molecule has 0 fully saturated rings. The smallest absolute Gasteiger partial charge is 0.416 e. The van der Waals surface area contributed by atoms with Gasteiger partial charge in [0, 0.05) is 6.07 Å². The van der Waals surface area contributed by atoms with E-state index in [1.54, 1.807) is 0 Å². The number of pyridine rings is 1. The highest BCUT2D eigenvalue weighted by molar-refractivity contribution is 5.93. The number of halogens is 6. The number of alkyl halides is 6. The molecule has 0 N–H and O–H groups in total. The largest absolute Gasteiger partial charge is 0.618 e. The highest BCUT2D eigenvalue weighted by Crippen LogP contribution is 2.40. The van der Waals surface area contributed by atoms with Gasteiger partial charge in [-0.3, -0.25) is 0 Å². The van der Waals surface area contributed by atoms with Gasteiger partial charge in [0.15, 0.2) is 6.20 Å². The van der Waals surface area contributed by atoms with Gasteiger partial charge in [-0.15, -0.1) is 0 Å². The molecule has 0 saturated carbocycles. The average Bonchev–Trinajstić information content (AvgIpc) is 2.59. The van der Waals surface area contributed by atoms with Gasteiger partial charge in [-0.1, -0.05) is 0 Å². The number of nitrogens with zero attached hydrogens (tertiary/aromatic N) is 1. The molecule has 27 heavy (non-hydrogen) atoms. The Labute approximate surface area is 149 Å². The molecule has 0 atom stereocenters. The van der Waals surface area contributed by atoms with E-state index in [2.05, 4.69) is 0 Å². The van der Waals surface area contributed by atoms with Gasteiger partial charge >= 0.3 is 12.4 Å². The fraction of sp³-hybridized carbons (Fsp3) is 0.167. The van der Waals surface area contributed by atoms with E-state index < -0.39 is 29.0 Å². The van der Waals surface area contributed by atoms with Crippen LogP contribution in [0.3, 0.4) is 0 Å². The summed E-state index contributed by atoms with van der Waals surface area (Å²) in [5.74, 6) is 0.190. The van der Waals surface area contributed by atoms with Gasteiger partial charge in [0.05, 0.1) is 29.2 Å². The van der Waals surface area contributed by atoms with E-state index in [1.807, 2.05) is 0 Å². The molecule has 3 rings (SSSR count). The first-order valence-corrected chi connectivity index (χ1v) is 7.50. The molecule has 0 saturated heterocycles. The Morgan fingerprint density at radius 2 is 1.48 bits per heavy atom. The third-order valence-electron chi connectivity index (χ3n) is 3.96. The first-order chi connectivity index (χ1) is 12.5. The molecule has 9 heteroatoms. The number of hydrogen-bond acceptors (Lipinski definition) is 2. The van der Waals surface area contributed by atoms with Crippen LogP contribution in [0.25, 0.3) is 22.0 Å². The van der Waals surface area contributed by atoms with Crippen molar-refractivity contribution in [3.8, 4) is 16.9 Å². The summed E-state index contributed by atoms with van der Waals surface area (Å²) < 4.78 is 84.2. The van der Waals surface area contributed by atoms with E-state index in [0.717, 1.165) is 6.20 Å². The Kier molecular flexibility index (Phi) is 4.41. The lowest BCUT2D eigenvalue weighted by Gasteiger charge is -2.15. The third kappa shape index (κ3) is 3.62. The van der Waals surface area contributed by atoms with Crippen LogP contribution in [0.5, 0.6) is 5.75 Å². The van der Waals surface area contributed by atoms with E-state index >= 15 is 0 Å². The lowest BCUT2D eigenvalue weighted by atomic mass is 9.96. The number of aromatic nitrogens is 1. The highest BCUT2D eigenvalue weighted by Gasteiger charge is 2.37. The highest BCUT2D eigenvalue weighted by atomic mass is 19.4. The SMILES string of the molecule is COc1cc(-c2cc(C(F)(F)F)cc(C(F)(F)F)c2)c2c(ccc[n+]2[O-])c1. The summed E-state index contributed by atoms with van der Waals surface area (Å²) in [5.41, 5.74) is -3.48. The van der Waals surface area contributed by atoms with Gasteiger partial charge in [0.2, 0.25) is 5.52 Å². The van der Waals surface area contributed by atoms with E-state index in [0.29, 0.717) is 22.2 Å². The van der Waals surface area contributed by atoms with Crippen LogP contribution in [0.1, 0.15) is 11.1 Å². The maximum atomic E-state index is 13.1. The minimum atomic E-state index is -4.99. The fourth-order valence-electron chi connectivity index (χ4n) is 2.75. The molecule has 142 valence electrons. The first kappa shape index (κ1) is 18.8. The van der Waals surface area contributed by atoms with Crippen LogP contribution < -0.4 is 9.47 Å². The lowest BCUT2D eigenvalue weighted by Crippen LogP contribution is -2.26. The average molecular weight is 387 g/mol. The summed E-state index contributed by atoms with van der Waals surface area (Å²) in [4.78, 5) is 0.